The molecule has 9 heavy (non-hydrogen) atoms. The molecule has 48 valence electrons. The normalized spacial score (nSPS) is 9.56. The number of H-pyrrole nitrogens is 1. The summed E-state index contributed by atoms with van der Waals surface area (Å²) in [4.78, 5) is 2.27. The fourth-order valence-electron chi connectivity index (χ4n) is 0.478. The highest BCUT2D eigenvalue weighted by molar-refractivity contribution is 7.71. The van der Waals surface area contributed by atoms with Crippen molar-refractivity contribution in [3.05, 3.63) is 27.7 Å². The van der Waals surface area contributed by atoms with Gasteiger partial charge in [0.1, 0.15) is 4.64 Å². The lowest BCUT2D eigenvalue weighted by Gasteiger charge is -1.88. The molecule has 1 aromatic heterocycles. The van der Waals surface area contributed by atoms with Crippen molar-refractivity contribution < 1.29 is 4.39 Å². The topological polar surface area (TPSA) is 15.8 Å². The Morgan fingerprint density at radius 3 is 2.67 bits per heavy atom. The van der Waals surface area contributed by atoms with Gasteiger partial charge in [-0.3, -0.25) is 0 Å². The third-order valence-corrected chi connectivity index (χ3v) is 1.21. The van der Waals surface area contributed by atoms with Crippen LogP contribution < -0.4 is 0 Å². The molecule has 0 aromatic carbocycles. The molecule has 0 bridgehead atoms. The maximum Gasteiger partial charge on any atom is 0.193 e. The van der Waals surface area contributed by atoms with Crippen LogP contribution in [0.1, 0.15) is 0 Å². The summed E-state index contributed by atoms with van der Waals surface area (Å²) in [5.41, 5.74) is 0. The highest BCUT2D eigenvalue weighted by Gasteiger charge is 1.90. The van der Waals surface area contributed by atoms with Crippen LogP contribution in [0, 0.1) is 10.6 Å². The predicted octanol–water partition coefficient (Wildman–Crippen LogP) is 2.54. The van der Waals surface area contributed by atoms with Crippen LogP contribution in [-0.4, -0.2) is 4.98 Å². The lowest BCUT2D eigenvalue weighted by Crippen LogP contribution is -1.80. The Kier molecular flexibility index (Phi) is 1.83. The first-order valence-corrected chi connectivity index (χ1v) is 3.02. The van der Waals surface area contributed by atoms with Crippen molar-refractivity contribution in [3.8, 4) is 0 Å². The van der Waals surface area contributed by atoms with Crippen LogP contribution in [0.5, 0.6) is 0 Å². The van der Waals surface area contributed by atoms with E-state index in [2.05, 4.69) is 17.2 Å². The fraction of sp³-hybridized carbons (Fsp3) is 0. The van der Waals surface area contributed by atoms with Crippen LogP contribution in [0.25, 0.3) is 0 Å². The van der Waals surface area contributed by atoms with Crippen molar-refractivity contribution in [1.82, 2.24) is 4.98 Å². The average molecular weight is 164 g/mol. The van der Waals surface area contributed by atoms with Crippen LogP contribution in [0.4, 0.5) is 4.39 Å². The molecule has 4 heteroatoms. The number of aromatic amines is 1. The number of hydrogen-bond acceptors (Lipinski definition) is 1. The van der Waals surface area contributed by atoms with Crippen LogP contribution in [0.2, 0.25) is 5.02 Å². The molecule has 0 saturated heterocycles. The largest absolute Gasteiger partial charge is 0.323 e. The van der Waals surface area contributed by atoms with Crippen molar-refractivity contribution >= 4 is 23.8 Å². The summed E-state index contributed by atoms with van der Waals surface area (Å²) in [5.74, 6) is -0.507. The van der Waals surface area contributed by atoms with Gasteiger partial charge in [0, 0.05) is 11.1 Å². The quantitative estimate of drug-likeness (QED) is 0.459. The summed E-state index contributed by atoms with van der Waals surface area (Å²) >= 11 is 10.0. The van der Waals surface area contributed by atoms with E-state index in [1.807, 2.05) is 0 Å². The number of pyridine rings is 1. The minimum Gasteiger partial charge on any atom is -0.323 e. The van der Waals surface area contributed by atoms with Gasteiger partial charge in [-0.15, -0.1) is 0 Å². The summed E-state index contributed by atoms with van der Waals surface area (Å²) in [6.07, 6.45) is 0. The first kappa shape index (κ1) is 6.71. The van der Waals surface area contributed by atoms with E-state index in [-0.39, 0.29) is 0 Å². The van der Waals surface area contributed by atoms with Crippen LogP contribution >= 0.6 is 23.8 Å². The summed E-state index contributed by atoms with van der Waals surface area (Å²) in [6.45, 7) is 0. The van der Waals surface area contributed by atoms with Crippen molar-refractivity contribution in [3.63, 3.8) is 0 Å². The first-order chi connectivity index (χ1) is 4.18. The molecular weight excluding hydrogens is 161 g/mol. The molecule has 0 saturated carbocycles. The average Bonchev–Trinajstić information content (AvgIpc) is 1.59. The second-order valence-electron chi connectivity index (χ2n) is 1.51. The molecule has 0 unspecified atom stereocenters. The third kappa shape index (κ3) is 1.77. The van der Waals surface area contributed by atoms with Gasteiger partial charge in [0.05, 0.1) is 0 Å². The highest BCUT2D eigenvalue weighted by Crippen LogP contribution is 2.07. The van der Waals surface area contributed by atoms with Crippen LogP contribution in [0.3, 0.4) is 0 Å². The summed E-state index contributed by atoms with van der Waals surface area (Å²) < 4.78 is 12.5. The molecule has 1 N–H and O–H groups in total. The maximum absolute atomic E-state index is 12.2. The zero-order valence-corrected chi connectivity index (χ0v) is 5.89. The molecule has 0 amide bonds. The molecule has 0 atom stereocenters. The Bertz CT molecular complexity index is 247. The lowest BCUT2D eigenvalue weighted by molar-refractivity contribution is 0.582. The summed E-state index contributed by atoms with van der Waals surface area (Å²) in [5, 5.41) is 0.316. The monoisotopic (exact) mass is 163 g/mol. The van der Waals surface area contributed by atoms with E-state index >= 15 is 0 Å². The van der Waals surface area contributed by atoms with Gasteiger partial charge >= 0.3 is 0 Å². The van der Waals surface area contributed by atoms with Gasteiger partial charge in [-0.05, 0) is 6.07 Å². The van der Waals surface area contributed by atoms with E-state index < -0.39 is 5.95 Å². The van der Waals surface area contributed by atoms with Crippen molar-refractivity contribution in [1.29, 1.82) is 0 Å². The van der Waals surface area contributed by atoms with Gasteiger partial charge in [0.25, 0.3) is 0 Å². The van der Waals surface area contributed by atoms with E-state index in [1.165, 1.54) is 6.07 Å². The van der Waals surface area contributed by atoms with E-state index in [4.69, 9.17) is 11.6 Å². The highest BCUT2D eigenvalue weighted by atomic mass is 35.5. The third-order valence-electron chi connectivity index (χ3n) is 0.776. The molecule has 1 rings (SSSR count). The second-order valence-corrected chi connectivity index (χ2v) is 2.39. The van der Waals surface area contributed by atoms with Gasteiger partial charge in [-0.2, -0.15) is 4.39 Å². The number of nitrogens with one attached hydrogen (secondary N) is 1. The molecular formula is C5H3ClFNS. The Hall–Kier alpha value is -0.410. The lowest BCUT2D eigenvalue weighted by atomic mass is 10.5. The molecule has 0 aliphatic heterocycles. The molecule has 0 fully saturated rings. The molecule has 0 spiro atoms. The molecule has 0 aliphatic carbocycles. The second kappa shape index (κ2) is 2.45. The minimum atomic E-state index is -0.507. The predicted molar refractivity (Wildman–Crippen MR) is 36.6 cm³/mol. The van der Waals surface area contributed by atoms with Crippen LogP contribution in [-0.2, 0) is 0 Å². The van der Waals surface area contributed by atoms with Crippen LogP contribution in [0.15, 0.2) is 12.1 Å². The number of rotatable bonds is 0. The summed E-state index contributed by atoms with van der Waals surface area (Å²) in [7, 11) is 0. The standard InChI is InChI=1S/C5H3ClFNS/c6-3-1-4(7)8-5(9)2-3/h1-2H,(H,8,9). The number of halogens is 2. The molecule has 0 radical (unpaired) electrons. The SMILES string of the molecule is Fc1cc(Cl)cc(=S)[nH]1. The van der Waals surface area contributed by atoms with E-state index in [9.17, 15) is 4.39 Å². The van der Waals surface area contributed by atoms with Gasteiger partial charge in [-0.1, -0.05) is 23.8 Å². The van der Waals surface area contributed by atoms with E-state index in [1.54, 1.807) is 0 Å². The van der Waals surface area contributed by atoms with E-state index in [0.29, 0.717) is 9.66 Å². The zero-order chi connectivity index (χ0) is 6.85. The summed E-state index contributed by atoms with van der Waals surface area (Å²) in [6, 6.07) is 2.64. The Labute approximate surface area is 61.5 Å². The Morgan fingerprint density at radius 1 is 1.56 bits per heavy atom. The molecule has 1 heterocycles. The Morgan fingerprint density at radius 2 is 2.22 bits per heavy atom. The maximum atomic E-state index is 12.2. The van der Waals surface area contributed by atoms with Crippen molar-refractivity contribution in [2.75, 3.05) is 0 Å². The van der Waals surface area contributed by atoms with Crippen molar-refractivity contribution in [2.45, 2.75) is 0 Å². The minimum absolute atomic E-state index is 0.306. The van der Waals surface area contributed by atoms with E-state index in [0.717, 1.165) is 6.07 Å². The van der Waals surface area contributed by atoms with Gasteiger partial charge in [0.15, 0.2) is 5.95 Å². The molecule has 0 aliphatic rings. The molecule has 1 nitrogen and oxygen atoms in total. The van der Waals surface area contributed by atoms with Crippen molar-refractivity contribution in [2.24, 2.45) is 0 Å². The number of hydrogen-bond donors (Lipinski definition) is 1. The molecule has 1 aromatic rings. The van der Waals surface area contributed by atoms with Gasteiger partial charge in [0.2, 0.25) is 0 Å². The van der Waals surface area contributed by atoms with Gasteiger partial charge in [-0.25, -0.2) is 0 Å². The number of aromatic nitrogens is 1. The Balaban J connectivity index is 3.33. The fourth-order valence-corrected chi connectivity index (χ4v) is 0.972. The smallest absolute Gasteiger partial charge is 0.193 e. The first-order valence-electron chi connectivity index (χ1n) is 2.24. The van der Waals surface area contributed by atoms with Gasteiger partial charge < -0.3 is 4.98 Å². The zero-order valence-electron chi connectivity index (χ0n) is 4.32.